The van der Waals surface area contributed by atoms with E-state index in [0.29, 0.717) is 0 Å². The number of carbonyl (C=O) groups is 1. The van der Waals surface area contributed by atoms with Gasteiger partial charge in [0, 0.05) is 12.6 Å². The Morgan fingerprint density at radius 1 is 1.33 bits per heavy atom. The monoisotopic (exact) mass is 275 g/mol. The number of nitrogens with one attached hydrogen (secondary N) is 2. The minimum atomic E-state index is 0. The van der Waals surface area contributed by atoms with Crippen LogP contribution in [0.1, 0.15) is 39.0 Å². The minimum absolute atomic E-state index is 0. The SMILES string of the molecule is CC(CN1CCCCC1)NC(=O)C1CCCN1.Cl. The van der Waals surface area contributed by atoms with Crippen molar-refractivity contribution in [3.63, 3.8) is 0 Å². The third-order valence-corrected chi connectivity index (χ3v) is 3.75. The van der Waals surface area contributed by atoms with Gasteiger partial charge >= 0.3 is 0 Å². The Bertz CT molecular complexity index is 251. The van der Waals surface area contributed by atoms with Crippen molar-refractivity contribution in [1.82, 2.24) is 15.5 Å². The molecule has 18 heavy (non-hydrogen) atoms. The molecule has 1 amide bonds. The number of hydrogen-bond donors (Lipinski definition) is 2. The highest BCUT2D eigenvalue weighted by Gasteiger charge is 2.23. The van der Waals surface area contributed by atoms with Crippen LogP contribution in [0.25, 0.3) is 0 Å². The molecule has 5 heteroatoms. The molecule has 4 nitrogen and oxygen atoms in total. The molecule has 0 bridgehead atoms. The summed E-state index contributed by atoms with van der Waals surface area (Å²) in [5, 5.41) is 6.37. The van der Waals surface area contributed by atoms with Gasteiger partial charge in [-0.05, 0) is 52.2 Å². The van der Waals surface area contributed by atoms with E-state index in [1.807, 2.05) is 0 Å². The van der Waals surface area contributed by atoms with Crippen molar-refractivity contribution < 1.29 is 4.79 Å². The van der Waals surface area contributed by atoms with Crippen LogP contribution >= 0.6 is 12.4 Å². The number of piperidine rings is 1. The summed E-state index contributed by atoms with van der Waals surface area (Å²) < 4.78 is 0. The molecular weight excluding hydrogens is 250 g/mol. The van der Waals surface area contributed by atoms with Crippen molar-refractivity contribution in [1.29, 1.82) is 0 Å². The zero-order chi connectivity index (χ0) is 12.1. The van der Waals surface area contributed by atoms with Crippen LogP contribution in [-0.2, 0) is 4.79 Å². The molecule has 0 aromatic rings. The molecule has 0 radical (unpaired) electrons. The number of nitrogens with zero attached hydrogens (tertiary/aromatic N) is 1. The number of carbonyl (C=O) groups excluding carboxylic acids is 1. The van der Waals surface area contributed by atoms with E-state index in [9.17, 15) is 4.79 Å². The van der Waals surface area contributed by atoms with Gasteiger partial charge in [-0.15, -0.1) is 12.4 Å². The molecule has 0 aromatic heterocycles. The van der Waals surface area contributed by atoms with E-state index in [2.05, 4.69) is 22.5 Å². The van der Waals surface area contributed by atoms with Gasteiger partial charge < -0.3 is 15.5 Å². The molecule has 2 fully saturated rings. The summed E-state index contributed by atoms with van der Waals surface area (Å²) in [4.78, 5) is 14.4. The highest BCUT2D eigenvalue weighted by Crippen LogP contribution is 2.09. The molecular formula is C13H26ClN3O. The van der Waals surface area contributed by atoms with Crippen LogP contribution in [0.5, 0.6) is 0 Å². The Morgan fingerprint density at radius 3 is 2.67 bits per heavy atom. The third kappa shape index (κ3) is 4.75. The van der Waals surface area contributed by atoms with E-state index >= 15 is 0 Å². The van der Waals surface area contributed by atoms with Crippen LogP contribution in [0.2, 0.25) is 0 Å². The van der Waals surface area contributed by atoms with Crippen molar-refractivity contribution in [3.05, 3.63) is 0 Å². The van der Waals surface area contributed by atoms with Crippen molar-refractivity contribution in [3.8, 4) is 0 Å². The van der Waals surface area contributed by atoms with Crippen LogP contribution < -0.4 is 10.6 Å². The Morgan fingerprint density at radius 2 is 2.06 bits per heavy atom. The summed E-state index contributed by atoms with van der Waals surface area (Å²) in [5.41, 5.74) is 0. The number of halogens is 1. The van der Waals surface area contributed by atoms with Crippen LogP contribution in [-0.4, -0.2) is 49.1 Å². The van der Waals surface area contributed by atoms with Gasteiger partial charge in [-0.1, -0.05) is 6.42 Å². The molecule has 2 aliphatic rings. The summed E-state index contributed by atoms with van der Waals surface area (Å²) >= 11 is 0. The zero-order valence-corrected chi connectivity index (χ0v) is 12.1. The third-order valence-electron chi connectivity index (χ3n) is 3.75. The predicted octanol–water partition coefficient (Wildman–Crippen LogP) is 1.15. The van der Waals surface area contributed by atoms with E-state index in [1.54, 1.807) is 0 Å². The first-order chi connectivity index (χ1) is 8.25. The van der Waals surface area contributed by atoms with Gasteiger partial charge in [0.1, 0.15) is 0 Å². The average Bonchev–Trinajstić information content (AvgIpc) is 2.83. The number of likely N-dealkylation sites (tertiary alicyclic amines) is 1. The van der Waals surface area contributed by atoms with Crippen LogP contribution in [0.15, 0.2) is 0 Å². The van der Waals surface area contributed by atoms with E-state index in [-0.39, 0.29) is 30.4 Å². The van der Waals surface area contributed by atoms with Crippen molar-refractivity contribution >= 4 is 18.3 Å². The molecule has 106 valence electrons. The van der Waals surface area contributed by atoms with Crippen molar-refractivity contribution in [2.24, 2.45) is 0 Å². The largest absolute Gasteiger partial charge is 0.351 e. The van der Waals surface area contributed by atoms with Crippen molar-refractivity contribution in [2.75, 3.05) is 26.2 Å². The molecule has 2 atom stereocenters. The van der Waals surface area contributed by atoms with Gasteiger partial charge in [0.15, 0.2) is 0 Å². The smallest absolute Gasteiger partial charge is 0.237 e. The molecule has 2 N–H and O–H groups in total. The fourth-order valence-corrected chi connectivity index (χ4v) is 2.83. The number of rotatable bonds is 4. The number of amides is 1. The van der Waals surface area contributed by atoms with Gasteiger partial charge in [0.05, 0.1) is 6.04 Å². The van der Waals surface area contributed by atoms with Crippen LogP contribution in [0, 0.1) is 0 Å². The Kier molecular flexibility index (Phi) is 6.97. The highest BCUT2D eigenvalue weighted by molar-refractivity contribution is 5.85. The molecule has 0 spiro atoms. The minimum Gasteiger partial charge on any atom is -0.351 e. The molecule has 2 rings (SSSR count). The van der Waals surface area contributed by atoms with Crippen LogP contribution in [0.4, 0.5) is 0 Å². The fraction of sp³-hybridized carbons (Fsp3) is 0.923. The molecule has 0 aromatic carbocycles. The second-order valence-corrected chi connectivity index (χ2v) is 5.42. The number of hydrogen-bond acceptors (Lipinski definition) is 3. The van der Waals surface area contributed by atoms with Crippen LogP contribution in [0.3, 0.4) is 0 Å². The lowest BCUT2D eigenvalue weighted by atomic mass is 10.1. The predicted molar refractivity (Wildman–Crippen MR) is 76.2 cm³/mol. The zero-order valence-electron chi connectivity index (χ0n) is 11.3. The van der Waals surface area contributed by atoms with Gasteiger partial charge in [0.25, 0.3) is 0 Å². The summed E-state index contributed by atoms with van der Waals surface area (Å²) in [6.45, 7) is 6.49. The van der Waals surface area contributed by atoms with Gasteiger partial charge in [0.2, 0.25) is 5.91 Å². The molecule has 2 heterocycles. The lowest BCUT2D eigenvalue weighted by molar-refractivity contribution is -0.123. The first-order valence-electron chi connectivity index (χ1n) is 7.02. The second kappa shape index (κ2) is 7.97. The van der Waals surface area contributed by atoms with E-state index in [4.69, 9.17) is 0 Å². The summed E-state index contributed by atoms with van der Waals surface area (Å²) in [6.07, 6.45) is 6.10. The van der Waals surface area contributed by atoms with Crippen molar-refractivity contribution in [2.45, 2.75) is 51.1 Å². The normalized spacial score (nSPS) is 26.4. The van der Waals surface area contributed by atoms with Gasteiger partial charge in [-0.25, -0.2) is 0 Å². The Hall–Kier alpha value is -0.320. The van der Waals surface area contributed by atoms with Gasteiger partial charge in [-0.2, -0.15) is 0 Å². The second-order valence-electron chi connectivity index (χ2n) is 5.42. The highest BCUT2D eigenvalue weighted by atomic mass is 35.5. The summed E-state index contributed by atoms with van der Waals surface area (Å²) in [7, 11) is 0. The lowest BCUT2D eigenvalue weighted by Crippen LogP contribution is -2.48. The summed E-state index contributed by atoms with van der Waals surface area (Å²) in [6, 6.07) is 0.321. The van der Waals surface area contributed by atoms with E-state index < -0.39 is 0 Å². The molecule has 2 aliphatic heterocycles. The summed E-state index contributed by atoms with van der Waals surface area (Å²) in [5.74, 6) is 0.187. The first kappa shape index (κ1) is 15.7. The molecule has 2 saturated heterocycles. The van der Waals surface area contributed by atoms with Gasteiger partial charge in [-0.3, -0.25) is 4.79 Å². The molecule has 2 unspecified atom stereocenters. The molecule has 0 saturated carbocycles. The maximum absolute atomic E-state index is 11.9. The molecule has 0 aliphatic carbocycles. The first-order valence-corrected chi connectivity index (χ1v) is 7.02. The quantitative estimate of drug-likeness (QED) is 0.809. The standard InChI is InChI=1S/C13H25N3O.ClH/c1-11(10-16-8-3-2-4-9-16)15-13(17)12-6-5-7-14-12;/h11-12,14H,2-10H2,1H3,(H,15,17);1H. The lowest BCUT2D eigenvalue weighted by Gasteiger charge is -2.29. The fourth-order valence-electron chi connectivity index (χ4n) is 2.83. The average molecular weight is 276 g/mol. The topological polar surface area (TPSA) is 44.4 Å². The maximum Gasteiger partial charge on any atom is 0.237 e. The van der Waals surface area contributed by atoms with E-state index in [1.165, 1.54) is 32.4 Å². The Balaban J connectivity index is 0.00000162. The maximum atomic E-state index is 11.9. The Labute approximate surface area is 116 Å². The van der Waals surface area contributed by atoms with E-state index in [0.717, 1.165) is 25.9 Å².